The van der Waals surface area contributed by atoms with E-state index in [4.69, 9.17) is 9.29 Å². The zero-order valence-corrected chi connectivity index (χ0v) is 12.3. The fraction of sp³-hybridized carbons (Fsp3) is 0.750. The van der Waals surface area contributed by atoms with Gasteiger partial charge in [0.1, 0.15) is 31.6 Å². The van der Waals surface area contributed by atoms with Crippen LogP contribution in [-0.2, 0) is 19.6 Å². The maximum atomic E-state index is 11.1. The van der Waals surface area contributed by atoms with Crippen LogP contribution in [0.4, 0.5) is 0 Å². The number of likely N-dealkylation sites (N-methyl/N-ethyl adjacent to an activating group) is 1. The number of ether oxygens (including phenoxy) is 1. The summed E-state index contributed by atoms with van der Waals surface area (Å²) in [6, 6.07) is 0. The van der Waals surface area contributed by atoms with Crippen molar-refractivity contribution < 1.29 is 32.1 Å². The van der Waals surface area contributed by atoms with Crippen molar-refractivity contribution in [3.63, 3.8) is 0 Å². The van der Waals surface area contributed by atoms with Gasteiger partial charge in [-0.1, -0.05) is 14.0 Å². The summed E-state index contributed by atoms with van der Waals surface area (Å²) in [5.74, 6) is -1.20. The molecule has 1 unspecified atom stereocenters. The first-order valence-electron chi connectivity index (χ1n) is 5.71. The van der Waals surface area contributed by atoms with Crippen LogP contribution < -0.4 is 0 Å². The fourth-order valence-corrected chi connectivity index (χ4v) is 2.06. The molecule has 1 atom stereocenters. The Hall–Kier alpha value is -0.960. The number of nitrogens with zero attached hydrogens (tertiary/aromatic N) is 1. The van der Waals surface area contributed by atoms with Crippen molar-refractivity contribution in [1.82, 2.24) is 0 Å². The largest absolute Gasteiger partial charge is 0.456 e. The summed E-state index contributed by atoms with van der Waals surface area (Å²) in [6.07, 6.45) is -1.18. The molecule has 0 saturated carbocycles. The van der Waals surface area contributed by atoms with Gasteiger partial charge in [0.15, 0.2) is 0 Å². The Kier molecular flexibility index (Phi) is 8.91. The highest BCUT2D eigenvalue weighted by molar-refractivity contribution is 7.85. The summed E-state index contributed by atoms with van der Waals surface area (Å²) in [7, 11) is -0.694. The number of carbonyl (C=O) groups excluding carboxylic acids is 1. The molecular weight excluding hydrogens is 286 g/mol. The van der Waals surface area contributed by atoms with E-state index in [9.17, 15) is 18.3 Å². The lowest BCUT2D eigenvalue weighted by molar-refractivity contribution is -0.893. The topological polar surface area (TPSA) is 101 Å². The number of quaternary nitrogens is 1. The number of aliphatic hydroxyl groups is 1. The number of carbonyl (C=O) groups is 1. The number of aliphatic hydroxyl groups excluding tert-OH is 1. The number of hydrogen-bond acceptors (Lipinski definition) is 5. The van der Waals surface area contributed by atoms with Crippen LogP contribution in [-0.4, -0.2) is 74.2 Å². The second-order valence-corrected chi connectivity index (χ2v) is 6.66. The first-order valence-corrected chi connectivity index (χ1v) is 7.32. The second-order valence-electron chi connectivity index (χ2n) is 5.16. The Morgan fingerprint density at radius 1 is 1.40 bits per heavy atom. The predicted octanol–water partition coefficient (Wildman–Crippen LogP) is 0.0669. The molecule has 0 aromatic heterocycles. The van der Waals surface area contributed by atoms with Crippen LogP contribution in [0.2, 0.25) is 0 Å². The zero-order valence-electron chi connectivity index (χ0n) is 11.5. The summed E-state index contributed by atoms with van der Waals surface area (Å²) >= 11 is 0. The molecule has 0 rings (SSSR count). The third-order valence-corrected chi connectivity index (χ3v) is 3.19. The number of hydrogen-bond donors (Lipinski definition) is 2. The van der Waals surface area contributed by atoms with Crippen molar-refractivity contribution in [1.29, 1.82) is 0 Å². The summed E-state index contributed by atoms with van der Waals surface area (Å²) in [5, 5.41) is 9.54. The lowest BCUT2D eigenvalue weighted by Gasteiger charge is -2.31. The van der Waals surface area contributed by atoms with Gasteiger partial charge in [0, 0.05) is 5.57 Å². The first kappa shape index (κ1) is 21.3. The molecule has 0 aliphatic heterocycles. The minimum atomic E-state index is -4.20. The van der Waals surface area contributed by atoms with Crippen molar-refractivity contribution in [3.8, 4) is 0 Å². The zero-order chi connectivity index (χ0) is 15.3. The van der Waals surface area contributed by atoms with Crippen LogP contribution in [0.5, 0.6) is 0 Å². The predicted molar refractivity (Wildman–Crippen MR) is 76.8 cm³/mol. The SMILES string of the molecule is C.C=C(C)C(=O)OCC[N+](C)(C)CC(O)CS(=O)(=O)O. The van der Waals surface area contributed by atoms with Crippen molar-refractivity contribution in [2.75, 3.05) is 39.5 Å². The standard InChI is InChI=1S/C11H21NO6S.CH4/c1-9(2)11(14)18-6-5-12(3,4)7-10(13)8-19(15,16)17;/h10,13H,1,5-8H2,2-4H3;1H4/p+1. The monoisotopic (exact) mass is 312 g/mol. The quantitative estimate of drug-likeness (QED) is 0.285. The van der Waals surface area contributed by atoms with E-state index < -0.39 is 27.9 Å². The molecular formula is C12H26NO6S+. The molecule has 8 heteroatoms. The summed E-state index contributed by atoms with van der Waals surface area (Å²) in [5.41, 5.74) is 0.303. The van der Waals surface area contributed by atoms with E-state index in [1.165, 1.54) is 6.92 Å². The molecule has 0 bridgehead atoms. The van der Waals surface area contributed by atoms with Crippen molar-refractivity contribution in [2.45, 2.75) is 20.5 Å². The van der Waals surface area contributed by atoms with Crippen LogP contribution >= 0.6 is 0 Å². The maximum Gasteiger partial charge on any atom is 0.333 e. The molecule has 0 amide bonds. The minimum Gasteiger partial charge on any atom is -0.456 e. The lowest BCUT2D eigenvalue weighted by atomic mass is 10.3. The molecule has 2 N–H and O–H groups in total. The van der Waals surface area contributed by atoms with Gasteiger partial charge in [0.2, 0.25) is 0 Å². The van der Waals surface area contributed by atoms with Crippen molar-refractivity contribution in [2.24, 2.45) is 0 Å². The molecule has 20 heavy (non-hydrogen) atoms. The van der Waals surface area contributed by atoms with Crippen LogP contribution in [0.3, 0.4) is 0 Å². The summed E-state index contributed by atoms with van der Waals surface area (Å²) < 4.78 is 35.0. The number of rotatable bonds is 8. The van der Waals surface area contributed by atoms with Gasteiger partial charge in [-0.15, -0.1) is 0 Å². The molecule has 0 aliphatic rings. The van der Waals surface area contributed by atoms with Gasteiger partial charge >= 0.3 is 5.97 Å². The van der Waals surface area contributed by atoms with E-state index in [1.807, 2.05) is 0 Å². The lowest BCUT2D eigenvalue weighted by Crippen LogP contribution is -2.49. The van der Waals surface area contributed by atoms with E-state index in [-0.39, 0.29) is 25.1 Å². The van der Waals surface area contributed by atoms with Crippen molar-refractivity contribution >= 4 is 16.1 Å². The van der Waals surface area contributed by atoms with Crippen LogP contribution in [0, 0.1) is 0 Å². The molecule has 7 nitrogen and oxygen atoms in total. The van der Waals surface area contributed by atoms with Crippen LogP contribution in [0.15, 0.2) is 12.2 Å². The Labute approximate surface area is 121 Å². The van der Waals surface area contributed by atoms with Crippen LogP contribution in [0.25, 0.3) is 0 Å². The molecule has 0 saturated heterocycles. The van der Waals surface area contributed by atoms with Gasteiger partial charge in [0.05, 0.1) is 14.1 Å². The molecule has 0 aliphatic carbocycles. The third-order valence-electron chi connectivity index (χ3n) is 2.39. The average molecular weight is 312 g/mol. The Balaban J connectivity index is 0. The van der Waals surface area contributed by atoms with Crippen molar-refractivity contribution in [3.05, 3.63) is 12.2 Å². The van der Waals surface area contributed by atoms with E-state index in [1.54, 1.807) is 14.1 Å². The third kappa shape index (κ3) is 10.9. The summed E-state index contributed by atoms with van der Waals surface area (Å²) in [4.78, 5) is 11.1. The van der Waals surface area contributed by atoms with E-state index in [0.29, 0.717) is 12.1 Å². The molecule has 0 radical (unpaired) electrons. The molecule has 0 heterocycles. The highest BCUT2D eigenvalue weighted by atomic mass is 32.2. The molecule has 120 valence electrons. The normalized spacial score (nSPS) is 13.2. The van der Waals surface area contributed by atoms with Gasteiger partial charge in [-0.2, -0.15) is 8.42 Å². The summed E-state index contributed by atoms with van der Waals surface area (Å²) in [6.45, 7) is 5.64. The molecule has 0 fully saturated rings. The van der Waals surface area contributed by atoms with Crippen LogP contribution in [0.1, 0.15) is 14.4 Å². The van der Waals surface area contributed by atoms with E-state index in [0.717, 1.165) is 0 Å². The highest BCUT2D eigenvalue weighted by Gasteiger charge is 2.24. The smallest absolute Gasteiger partial charge is 0.333 e. The highest BCUT2D eigenvalue weighted by Crippen LogP contribution is 2.03. The van der Waals surface area contributed by atoms with E-state index >= 15 is 0 Å². The Bertz CT molecular complexity index is 429. The van der Waals surface area contributed by atoms with Gasteiger partial charge in [-0.3, -0.25) is 4.55 Å². The number of esters is 1. The molecule has 0 aromatic rings. The molecule has 0 aromatic carbocycles. The minimum absolute atomic E-state index is 0. The molecule has 0 spiro atoms. The van der Waals surface area contributed by atoms with Gasteiger partial charge < -0.3 is 14.3 Å². The van der Waals surface area contributed by atoms with E-state index in [2.05, 4.69) is 6.58 Å². The second kappa shape index (κ2) is 8.35. The maximum absolute atomic E-state index is 11.1. The van der Waals surface area contributed by atoms with Gasteiger partial charge in [0.25, 0.3) is 10.1 Å². The average Bonchev–Trinajstić information content (AvgIpc) is 2.12. The Morgan fingerprint density at radius 3 is 2.30 bits per heavy atom. The Morgan fingerprint density at radius 2 is 1.90 bits per heavy atom. The fourth-order valence-electron chi connectivity index (χ4n) is 1.47. The first-order chi connectivity index (χ1) is 8.43. The van der Waals surface area contributed by atoms with Gasteiger partial charge in [-0.25, -0.2) is 4.79 Å². The van der Waals surface area contributed by atoms with Gasteiger partial charge in [-0.05, 0) is 6.92 Å².